The molecule has 0 aliphatic rings. The van der Waals surface area contributed by atoms with E-state index in [-0.39, 0.29) is 0 Å². The molecule has 5 heteroatoms. The van der Waals surface area contributed by atoms with E-state index in [9.17, 15) is 0 Å². The van der Waals surface area contributed by atoms with Gasteiger partial charge in [-0.15, -0.1) is 11.3 Å². The Bertz CT molecular complexity index is 511. The van der Waals surface area contributed by atoms with Crippen LogP contribution in [0, 0.1) is 0 Å². The van der Waals surface area contributed by atoms with Crippen molar-refractivity contribution in [3.63, 3.8) is 0 Å². The van der Waals surface area contributed by atoms with Crippen LogP contribution in [-0.4, -0.2) is 0 Å². The molecule has 0 fully saturated rings. The monoisotopic (exact) mass is 312 g/mol. The zero-order valence-corrected chi connectivity index (χ0v) is 12.7. The van der Waals surface area contributed by atoms with Gasteiger partial charge in [0.2, 0.25) is 0 Å². The molecular formula is C12H8S5. The summed E-state index contributed by atoms with van der Waals surface area (Å²) in [6.07, 6.45) is 0. The fourth-order valence-corrected chi connectivity index (χ4v) is 6.28. The predicted octanol–water partition coefficient (Wildman–Crippen LogP) is 6.17. The van der Waals surface area contributed by atoms with E-state index >= 15 is 0 Å². The fraction of sp³-hybridized carbons (Fsp3) is 0. The largest absolute Gasteiger partial charge is 0.151 e. The summed E-state index contributed by atoms with van der Waals surface area (Å²) in [6.45, 7) is 0. The highest BCUT2D eigenvalue weighted by Gasteiger charge is 2.04. The molecule has 0 unspecified atom stereocenters. The van der Waals surface area contributed by atoms with E-state index in [0.717, 1.165) is 0 Å². The molecule has 0 saturated carbocycles. The summed E-state index contributed by atoms with van der Waals surface area (Å²) < 4.78 is 2.72. The lowest BCUT2D eigenvalue weighted by atomic mass is 10.7. The molecule has 0 aliphatic heterocycles. The van der Waals surface area contributed by atoms with Gasteiger partial charge >= 0.3 is 0 Å². The molecule has 17 heavy (non-hydrogen) atoms. The average molecular weight is 313 g/mol. The van der Waals surface area contributed by atoms with Crippen molar-refractivity contribution < 1.29 is 0 Å². The third kappa shape index (κ3) is 3.17. The Labute approximate surface area is 121 Å². The predicted molar refractivity (Wildman–Crippen MR) is 81.2 cm³/mol. The van der Waals surface area contributed by atoms with Crippen molar-refractivity contribution in [2.45, 2.75) is 18.2 Å². The van der Waals surface area contributed by atoms with E-state index < -0.39 is 0 Å². The molecular weight excluding hydrogens is 304 g/mol. The third-order valence-corrected chi connectivity index (χ3v) is 6.98. The van der Waals surface area contributed by atoms with Crippen LogP contribution in [0.4, 0.5) is 0 Å². The van der Waals surface area contributed by atoms with Crippen molar-refractivity contribution in [3.05, 3.63) is 45.8 Å². The normalized spacial score (nSPS) is 10.8. The van der Waals surface area contributed by atoms with Gasteiger partial charge in [0.1, 0.15) is 0 Å². The van der Waals surface area contributed by atoms with Gasteiger partial charge in [-0.2, -0.15) is 22.7 Å². The van der Waals surface area contributed by atoms with Crippen LogP contribution in [-0.2, 0) is 0 Å². The molecule has 0 aromatic carbocycles. The molecule has 0 spiro atoms. The lowest BCUT2D eigenvalue weighted by Gasteiger charge is -1.93. The second kappa shape index (κ2) is 5.63. The Morgan fingerprint density at radius 2 is 1.24 bits per heavy atom. The van der Waals surface area contributed by atoms with E-state index in [4.69, 9.17) is 0 Å². The van der Waals surface area contributed by atoms with Gasteiger partial charge in [-0.25, -0.2) is 0 Å². The van der Waals surface area contributed by atoms with Gasteiger partial charge in [-0.3, -0.25) is 0 Å². The number of thiophene rings is 3. The fourth-order valence-electron chi connectivity index (χ4n) is 1.27. The summed E-state index contributed by atoms with van der Waals surface area (Å²) >= 11 is 9.06. The highest BCUT2D eigenvalue weighted by atomic mass is 32.2. The van der Waals surface area contributed by atoms with Gasteiger partial charge in [0, 0.05) is 20.6 Å². The molecule has 0 amide bonds. The maximum atomic E-state index is 2.21. The van der Waals surface area contributed by atoms with Crippen LogP contribution < -0.4 is 0 Å². The second-order valence-corrected chi connectivity index (χ2v) is 8.59. The molecule has 0 bridgehead atoms. The van der Waals surface area contributed by atoms with E-state index in [2.05, 4.69) is 45.8 Å². The van der Waals surface area contributed by atoms with E-state index in [1.807, 2.05) is 34.9 Å². The van der Waals surface area contributed by atoms with Crippen LogP contribution >= 0.6 is 57.5 Å². The summed E-state index contributed by atoms with van der Waals surface area (Å²) in [5.41, 5.74) is 0. The van der Waals surface area contributed by atoms with Gasteiger partial charge < -0.3 is 0 Å². The quantitative estimate of drug-likeness (QED) is 0.564. The first-order valence-electron chi connectivity index (χ1n) is 4.90. The third-order valence-electron chi connectivity index (χ3n) is 1.98. The first-order valence-corrected chi connectivity index (χ1v) is 9.23. The highest BCUT2D eigenvalue weighted by molar-refractivity contribution is 8.03. The van der Waals surface area contributed by atoms with Crippen molar-refractivity contribution in [2.75, 3.05) is 0 Å². The van der Waals surface area contributed by atoms with Gasteiger partial charge in [0.25, 0.3) is 0 Å². The Morgan fingerprint density at radius 3 is 1.65 bits per heavy atom. The minimum atomic E-state index is 1.34. The Morgan fingerprint density at radius 1 is 0.706 bits per heavy atom. The van der Waals surface area contributed by atoms with E-state index in [1.165, 1.54) is 18.2 Å². The molecule has 0 nitrogen and oxygen atoms in total. The maximum absolute atomic E-state index is 2.21. The summed E-state index contributed by atoms with van der Waals surface area (Å²) in [5, 5.41) is 8.63. The second-order valence-electron chi connectivity index (χ2n) is 3.20. The zero-order valence-electron chi connectivity index (χ0n) is 8.66. The SMILES string of the molecule is c1cc(Sc2ccc(Sc3ccsc3)s2)cs1. The molecule has 3 rings (SSSR count). The van der Waals surface area contributed by atoms with Gasteiger partial charge in [0.15, 0.2) is 0 Å². The average Bonchev–Trinajstić information content (AvgIpc) is 3.02. The van der Waals surface area contributed by atoms with E-state index in [1.54, 1.807) is 22.7 Å². The molecule has 3 aromatic heterocycles. The summed E-state index contributed by atoms with van der Waals surface area (Å²) in [7, 11) is 0. The number of rotatable bonds is 4. The van der Waals surface area contributed by atoms with Crippen LogP contribution in [0.2, 0.25) is 0 Å². The summed E-state index contributed by atoms with van der Waals surface area (Å²) in [6, 6.07) is 8.75. The Kier molecular flexibility index (Phi) is 3.93. The topological polar surface area (TPSA) is 0 Å². The van der Waals surface area contributed by atoms with Gasteiger partial charge in [-0.05, 0) is 35.0 Å². The minimum Gasteiger partial charge on any atom is -0.151 e. The Balaban J connectivity index is 1.70. The molecule has 0 N–H and O–H groups in total. The van der Waals surface area contributed by atoms with Crippen LogP contribution in [0.1, 0.15) is 0 Å². The molecule has 0 radical (unpaired) electrons. The van der Waals surface area contributed by atoms with Crippen molar-refractivity contribution in [1.29, 1.82) is 0 Å². The summed E-state index contributed by atoms with van der Waals surface area (Å²) in [5.74, 6) is 0. The molecule has 86 valence electrons. The van der Waals surface area contributed by atoms with Crippen LogP contribution in [0.15, 0.2) is 64.0 Å². The number of hydrogen-bond donors (Lipinski definition) is 0. The van der Waals surface area contributed by atoms with Crippen molar-refractivity contribution in [1.82, 2.24) is 0 Å². The summed E-state index contributed by atoms with van der Waals surface area (Å²) in [4.78, 5) is 2.67. The van der Waals surface area contributed by atoms with Crippen molar-refractivity contribution in [2.24, 2.45) is 0 Å². The minimum absolute atomic E-state index is 1.34. The molecule has 3 heterocycles. The first-order chi connectivity index (χ1) is 8.40. The lowest BCUT2D eigenvalue weighted by Crippen LogP contribution is -1.58. The van der Waals surface area contributed by atoms with Crippen LogP contribution in [0.25, 0.3) is 0 Å². The molecule has 0 atom stereocenters. The Hall–Kier alpha value is -0.200. The first kappa shape index (κ1) is 11.9. The van der Waals surface area contributed by atoms with Crippen LogP contribution in [0.3, 0.4) is 0 Å². The molecule has 3 aromatic rings. The standard InChI is InChI=1S/C12H8S5/c1-2-12(16-10-4-6-14-8-10)17-11(1)15-9-3-5-13-7-9/h1-8H. The smallest absolute Gasteiger partial charge is 0.0658 e. The van der Waals surface area contributed by atoms with Gasteiger partial charge in [-0.1, -0.05) is 23.5 Å². The lowest BCUT2D eigenvalue weighted by molar-refractivity contribution is 1.56. The van der Waals surface area contributed by atoms with Crippen molar-refractivity contribution >= 4 is 57.5 Å². The van der Waals surface area contributed by atoms with Crippen LogP contribution in [0.5, 0.6) is 0 Å². The number of hydrogen-bond acceptors (Lipinski definition) is 5. The van der Waals surface area contributed by atoms with Crippen molar-refractivity contribution in [3.8, 4) is 0 Å². The maximum Gasteiger partial charge on any atom is 0.0658 e. The van der Waals surface area contributed by atoms with Gasteiger partial charge in [0.05, 0.1) is 8.42 Å². The zero-order chi connectivity index (χ0) is 11.5. The highest BCUT2D eigenvalue weighted by Crippen LogP contribution is 2.40. The van der Waals surface area contributed by atoms with E-state index in [0.29, 0.717) is 0 Å². The molecule has 0 saturated heterocycles. The molecule has 0 aliphatic carbocycles.